The Morgan fingerprint density at radius 3 is 2.87 bits per heavy atom. The lowest BCUT2D eigenvalue weighted by Crippen LogP contribution is -2.18. The number of nitrogens with zero attached hydrogens (tertiary/aromatic N) is 1. The molecule has 0 spiro atoms. The van der Waals surface area contributed by atoms with E-state index in [-0.39, 0.29) is 23.6 Å². The molecule has 1 saturated carbocycles. The molecule has 1 aromatic heterocycles. The van der Waals surface area contributed by atoms with Gasteiger partial charge < -0.3 is 16.0 Å². The molecule has 4 N–H and O–H groups in total. The Morgan fingerprint density at radius 2 is 2.33 bits per heavy atom. The van der Waals surface area contributed by atoms with Crippen LogP contribution in [-0.4, -0.2) is 22.1 Å². The van der Waals surface area contributed by atoms with Crippen LogP contribution in [0.4, 0.5) is 5.82 Å². The van der Waals surface area contributed by atoms with Crippen molar-refractivity contribution in [2.24, 2.45) is 5.73 Å². The summed E-state index contributed by atoms with van der Waals surface area (Å²) in [5.74, 6) is 1.55. The highest BCUT2D eigenvalue weighted by atomic mass is 16.1. The minimum atomic E-state index is -0.120. The first-order valence-electron chi connectivity index (χ1n) is 5.19. The topological polar surface area (TPSA) is 83.8 Å². The molecule has 2 rings (SSSR count). The molecule has 0 aromatic carbocycles. The van der Waals surface area contributed by atoms with Crippen LogP contribution >= 0.6 is 0 Å². The molecule has 15 heavy (non-hydrogen) atoms. The molecule has 1 fully saturated rings. The van der Waals surface area contributed by atoms with E-state index >= 15 is 0 Å². The minimum Gasteiger partial charge on any atom is -0.365 e. The van der Waals surface area contributed by atoms with Gasteiger partial charge in [0.05, 0.1) is 0 Å². The van der Waals surface area contributed by atoms with E-state index in [2.05, 4.69) is 15.3 Å². The lowest BCUT2D eigenvalue weighted by Gasteiger charge is -2.08. The quantitative estimate of drug-likeness (QED) is 0.671. The van der Waals surface area contributed by atoms with E-state index in [1.165, 1.54) is 6.07 Å². The van der Waals surface area contributed by atoms with Crippen molar-refractivity contribution in [3.8, 4) is 0 Å². The van der Waals surface area contributed by atoms with Gasteiger partial charge in [-0.2, -0.15) is 0 Å². The summed E-state index contributed by atoms with van der Waals surface area (Å²) in [6.45, 7) is 3.98. The molecule has 82 valence electrons. The Balaban J connectivity index is 2.20. The molecular formula is C10H16N4O. The number of anilines is 1. The largest absolute Gasteiger partial charge is 0.365 e. The van der Waals surface area contributed by atoms with Gasteiger partial charge >= 0.3 is 0 Å². The number of hydrogen-bond acceptors (Lipinski definition) is 4. The summed E-state index contributed by atoms with van der Waals surface area (Å²) in [4.78, 5) is 18.4. The SMILES string of the molecule is CC(C)c1nc(NC2CC2N)cc(=O)[nH]1. The summed E-state index contributed by atoms with van der Waals surface area (Å²) in [5, 5.41) is 3.15. The van der Waals surface area contributed by atoms with Crippen molar-refractivity contribution < 1.29 is 0 Å². The van der Waals surface area contributed by atoms with Crippen molar-refractivity contribution in [2.75, 3.05) is 5.32 Å². The van der Waals surface area contributed by atoms with E-state index in [0.717, 1.165) is 6.42 Å². The molecule has 0 saturated heterocycles. The fraction of sp³-hybridized carbons (Fsp3) is 0.600. The van der Waals surface area contributed by atoms with E-state index in [1.54, 1.807) is 0 Å². The molecule has 5 heteroatoms. The first-order valence-corrected chi connectivity index (χ1v) is 5.19. The number of nitrogens with two attached hydrogens (primary N) is 1. The Bertz CT molecular complexity index is 412. The van der Waals surface area contributed by atoms with Gasteiger partial charge in [0.15, 0.2) is 0 Å². The van der Waals surface area contributed by atoms with Gasteiger partial charge in [-0.1, -0.05) is 13.8 Å². The average molecular weight is 208 g/mol. The van der Waals surface area contributed by atoms with Gasteiger partial charge in [0.2, 0.25) is 0 Å². The summed E-state index contributed by atoms with van der Waals surface area (Å²) in [6.07, 6.45) is 0.950. The zero-order chi connectivity index (χ0) is 11.0. The van der Waals surface area contributed by atoms with Crippen LogP contribution in [-0.2, 0) is 0 Å². The zero-order valence-electron chi connectivity index (χ0n) is 8.95. The average Bonchev–Trinajstić information content (AvgIpc) is 2.80. The normalized spacial score (nSPS) is 24.3. The molecule has 2 unspecified atom stereocenters. The van der Waals surface area contributed by atoms with Crippen molar-refractivity contribution in [1.29, 1.82) is 0 Å². The van der Waals surface area contributed by atoms with Crippen LogP contribution in [0.25, 0.3) is 0 Å². The van der Waals surface area contributed by atoms with Crippen LogP contribution < -0.4 is 16.6 Å². The maximum absolute atomic E-state index is 11.3. The predicted molar refractivity (Wildman–Crippen MR) is 58.9 cm³/mol. The monoisotopic (exact) mass is 208 g/mol. The van der Waals surface area contributed by atoms with Crippen LogP contribution in [0.3, 0.4) is 0 Å². The Labute approximate surface area is 88.1 Å². The lowest BCUT2D eigenvalue weighted by atomic mass is 10.2. The summed E-state index contributed by atoms with van der Waals surface area (Å²) in [5.41, 5.74) is 5.55. The molecule has 0 bridgehead atoms. The predicted octanol–water partition coefficient (Wildman–Crippen LogP) is 0.405. The lowest BCUT2D eigenvalue weighted by molar-refractivity contribution is 0.766. The number of aromatic amines is 1. The zero-order valence-corrected chi connectivity index (χ0v) is 8.95. The second-order valence-electron chi connectivity index (χ2n) is 4.32. The van der Waals surface area contributed by atoms with Gasteiger partial charge in [-0.25, -0.2) is 4.98 Å². The van der Waals surface area contributed by atoms with Crippen molar-refractivity contribution in [1.82, 2.24) is 9.97 Å². The van der Waals surface area contributed by atoms with Gasteiger partial charge in [0.1, 0.15) is 11.6 Å². The molecular weight excluding hydrogens is 192 g/mol. The summed E-state index contributed by atoms with van der Waals surface area (Å²) in [6, 6.07) is 1.95. The van der Waals surface area contributed by atoms with Crippen molar-refractivity contribution >= 4 is 5.82 Å². The smallest absolute Gasteiger partial charge is 0.252 e. The molecule has 2 atom stereocenters. The number of nitrogens with one attached hydrogen (secondary N) is 2. The molecule has 0 aliphatic heterocycles. The number of aromatic nitrogens is 2. The van der Waals surface area contributed by atoms with Crippen LogP contribution in [0.15, 0.2) is 10.9 Å². The molecule has 0 radical (unpaired) electrons. The van der Waals surface area contributed by atoms with Crippen LogP contribution in [0.2, 0.25) is 0 Å². The Morgan fingerprint density at radius 1 is 1.67 bits per heavy atom. The maximum Gasteiger partial charge on any atom is 0.252 e. The molecule has 0 amide bonds. The van der Waals surface area contributed by atoms with Crippen molar-refractivity contribution in [2.45, 2.75) is 38.3 Å². The summed E-state index contributed by atoms with van der Waals surface area (Å²) >= 11 is 0. The van der Waals surface area contributed by atoms with E-state index in [9.17, 15) is 4.79 Å². The Hall–Kier alpha value is -1.36. The fourth-order valence-electron chi connectivity index (χ4n) is 1.39. The van der Waals surface area contributed by atoms with Crippen LogP contribution in [0.1, 0.15) is 32.0 Å². The first kappa shape index (κ1) is 10.2. The number of rotatable bonds is 3. The van der Waals surface area contributed by atoms with E-state index in [0.29, 0.717) is 11.6 Å². The second-order valence-corrected chi connectivity index (χ2v) is 4.32. The van der Waals surface area contributed by atoms with Crippen molar-refractivity contribution in [3.05, 3.63) is 22.2 Å². The molecule has 1 aliphatic rings. The third kappa shape index (κ3) is 2.36. The van der Waals surface area contributed by atoms with Crippen molar-refractivity contribution in [3.63, 3.8) is 0 Å². The van der Waals surface area contributed by atoms with Crippen LogP contribution in [0, 0.1) is 0 Å². The Kier molecular flexibility index (Phi) is 2.48. The molecule has 1 aliphatic carbocycles. The third-order valence-corrected chi connectivity index (χ3v) is 2.48. The van der Waals surface area contributed by atoms with Gasteiger partial charge in [-0.05, 0) is 6.42 Å². The standard InChI is InChI=1S/C10H16N4O/c1-5(2)10-13-8(4-9(15)14-10)12-7-3-6(7)11/h4-7H,3,11H2,1-2H3,(H2,12,13,14,15). The minimum absolute atomic E-state index is 0.120. The summed E-state index contributed by atoms with van der Waals surface area (Å²) in [7, 11) is 0. The van der Waals surface area contributed by atoms with Crippen LogP contribution in [0.5, 0.6) is 0 Å². The van der Waals surface area contributed by atoms with Gasteiger partial charge in [-0.3, -0.25) is 4.79 Å². The van der Waals surface area contributed by atoms with E-state index in [1.807, 2.05) is 13.8 Å². The molecule has 5 nitrogen and oxygen atoms in total. The fourth-order valence-corrected chi connectivity index (χ4v) is 1.39. The van der Waals surface area contributed by atoms with E-state index in [4.69, 9.17) is 5.73 Å². The maximum atomic E-state index is 11.3. The number of hydrogen-bond donors (Lipinski definition) is 3. The highest BCUT2D eigenvalue weighted by Crippen LogP contribution is 2.22. The number of H-pyrrole nitrogens is 1. The highest BCUT2D eigenvalue weighted by molar-refractivity contribution is 5.37. The third-order valence-electron chi connectivity index (χ3n) is 2.48. The van der Waals surface area contributed by atoms with Gasteiger partial charge in [-0.15, -0.1) is 0 Å². The summed E-state index contributed by atoms with van der Waals surface area (Å²) < 4.78 is 0. The molecule has 1 heterocycles. The second kappa shape index (κ2) is 3.66. The van der Waals surface area contributed by atoms with Gasteiger partial charge in [0, 0.05) is 24.1 Å². The van der Waals surface area contributed by atoms with Gasteiger partial charge in [0.25, 0.3) is 5.56 Å². The first-order chi connectivity index (χ1) is 7.06. The molecule has 1 aromatic rings. The highest BCUT2D eigenvalue weighted by Gasteiger charge is 2.33. The van der Waals surface area contributed by atoms with E-state index < -0.39 is 0 Å².